The fraction of sp³-hybridized carbons (Fsp3) is 0.579. The number of carbonyl (C=O) groups is 2. The Hall–Kier alpha value is -1.65. The molecule has 0 aromatic heterocycles. The highest BCUT2D eigenvalue weighted by Crippen LogP contribution is 2.43. The van der Waals surface area contributed by atoms with Crippen LogP contribution in [0.4, 0.5) is 0 Å². The summed E-state index contributed by atoms with van der Waals surface area (Å²) in [5.74, 6) is -0.661. The molecule has 1 heterocycles. The number of hydrogen-bond acceptors (Lipinski definition) is 7. The Morgan fingerprint density at radius 1 is 0.967 bits per heavy atom. The van der Waals surface area contributed by atoms with Gasteiger partial charge in [0.25, 0.3) is 11.8 Å². The van der Waals surface area contributed by atoms with Crippen LogP contribution in [0.15, 0.2) is 24.3 Å². The summed E-state index contributed by atoms with van der Waals surface area (Å²) in [5.41, 5.74) is 3.71. The van der Waals surface area contributed by atoms with E-state index in [4.69, 9.17) is 9.05 Å². The van der Waals surface area contributed by atoms with Crippen molar-refractivity contribution < 1.29 is 38.1 Å². The van der Waals surface area contributed by atoms with E-state index in [2.05, 4.69) is 5.43 Å². The van der Waals surface area contributed by atoms with Crippen molar-refractivity contribution in [2.45, 2.75) is 25.7 Å². The molecule has 2 amide bonds. The van der Waals surface area contributed by atoms with Gasteiger partial charge in [0.05, 0.1) is 38.9 Å². The Morgan fingerprint density at radius 3 is 2.07 bits per heavy atom. The molecule has 0 fully saturated rings. The Bertz CT molecular complexity index is 732. The Kier molecular flexibility index (Phi) is 10.3. The predicted molar refractivity (Wildman–Crippen MR) is 110 cm³/mol. The van der Waals surface area contributed by atoms with Gasteiger partial charge in [0.2, 0.25) is 0 Å². The molecule has 3 N–H and O–H groups in total. The lowest BCUT2D eigenvalue weighted by Crippen LogP contribution is -2.42. The summed E-state index contributed by atoms with van der Waals surface area (Å²) in [6, 6.07) is 6.75. The fourth-order valence-electron chi connectivity index (χ4n) is 2.75. The van der Waals surface area contributed by atoms with Crippen molar-refractivity contribution in [3.63, 3.8) is 0 Å². The lowest BCUT2D eigenvalue weighted by molar-refractivity contribution is -0.870. The summed E-state index contributed by atoms with van der Waals surface area (Å²) < 4.78 is 22.3. The van der Waals surface area contributed by atoms with Gasteiger partial charge in [-0.05, 0) is 25.0 Å². The molecule has 0 saturated heterocycles. The zero-order valence-corrected chi connectivity index (χ0v) is 18.6. The quantitative estimate of drug-likeness (QED) is 0.204. The first kappa shape index (κ1) is 26.4. The number of benzene rings is 1. The van der Waals surface area contributed by atoms with Gasteiger partial charge in [0.1, 0.15) is 13.2 Å². The molecule has 1 aliphatic rings. The lowest BCUT2D eigenvalue weighted by atomic mass is 10.1. The van der Waals surface area contributed by atoms with Gasteiger partial charge in [-0.3, -0.25) is 18.6 Å². The molecule has 1 atom stereocenters. The predicted octanol–water partition coefficient (Wildman–Crippen LogP) is 2.01. The third-order valence-corrected chi connectivity index (χ3v) is 5.42. The number of hydrazine groups is 1. The topological polar surface area (TPSA) is 135 Å². The van der Waals surface area contributed by atoms with E-state index in [1.54, 1.807) is 24.3 Å². The molecular formula is C19H32N3O7P. The van der Waals surface area contributed by atoms with Crippen LogP contribution in [0, 0.1) is 0 Å². The average Bonchev–Trinajstić information content (AvgIpc) is 2.87. The largest absolute Gasteiger partial charge is 0.870 e. The van der Waals surface area contributed by atoms with Crippen LogP contribution >= 0.6 is 7.82 Å². The van der Waals surface area contributed by atoms with Crippen molar-refractivity contribution in [3.8, 4) is 0 Å². The number of quaternary nitrogens is 1. The highest BCUT2D eigenvalue weighted by atomic mass is 31.2. The van der Waals surface area contributed by atoms with Gasteiger partial charge in [-0.1, -0.05) is 25.0 Å². The number of carbonyl (C=O) groups excluding carboxylic acids is 2. The van der Waals surface area contributed by atoms with E-state index in [9.17, 15) is 19.0 Å². The number of imide groups is 1. The SMILES string of the molecule is C[N+](C)(C)CCOP(=O)(O)OCCCCCCNN1C(=O)c2ccccc2C1=O.[OH-]. The first-order valence-corrected chi connectivity index (χ1v) is 11.2. The van der Waals surface area contributed by atoms with Gasteiger partial charge in [-0.25, -0.2) is 15.0 Å². The molecule has 0 aliphatic carbocycles. The van der Waals surface area contributed by atoms with Crippen molar-refractivity contribution in [3.05, 3.63) is 35.4 Å². The number of unbranched alkanes of at least 4 members (excludes halogenated alkanes) is 3. The minimum atomic E-state index is -4.00. The van der Waals surface area contributed by atoms with Crippen LogP contribution in [0.1, 0.15) is 46.4 Å². The van der Waals surface area contributed by atoms with Crippen molar-refractivity contribution in [1.29, 1.82) is 0 Å². The van der Waals surface area contributed by atoms with Crippen LogP contribution in [0.5, 0.6) is 0 Å². The summed E-state index contributed by atoms with van der Waals surface area (Å²) in [6.45, 7) is 1.39. The standard InChI is InChI=1S/C19H30N3O6P.H2O/c1-22(2,3)13-15-28-29(25,26)27-14-9-5-4-8-12-20-21-18(23)16-10-6-7-11-17(16)19(21)24;/h6-7,10-11,20H,4-5,8-9,12-15H2,1-3H3;1H2. The highest BCUT2D eigenvalue weighted by Gasteiger charge is 2.34. The van der Waals surface area contributed by atoms with E-state index in [0.717, 1.165) is 24.3 Å². The highest BCUT2D eigenvalue weighted by molar-refractivity contribution is 7.47. The number of fused-ring (bicyclic) bond motifs is 1. The molecule has 2 rings (SSSR count). The third-order valence-electron chi connectivity index (χ3n) is 4.41. The second kappa shape index (κ2) is 11.7. The molecule has 1 aromatic rings. The number of amides is 2. The van der Waals surface area contributed by atoms with Crippen LogP contribution in [0.2, 0.25) is 0 Å². The van der Waals surface area contributed by atoms with Gasteiger partial charge in [-0.2, -0.15) is 0 Å². The Labute approximate surface area is 177 Å². The lowest BCUT2D eigenvalue weighted by Gasteiger charge is -2.24. The number of nitrogens with zero attached hydrogens (tertiary/aromatic N) is 2. The summed E-state index contributed by atoms with van der Waals surface area (Å²) >= 11 is 0. The molecule has 0 spiro atoms. The van der Waals surface area contributed by atoms with E-state index < -0.39 is 7.82 Å². The molecule has 0 saturated carbocycles. The number of phosphoric acid groups is 1. The zero-order chi connectivity index (χ0) is 21.5. The molecule has 1 unspecified atom stereocenters. The number of hydrogen-bond donors (Lipinski definition) is 2. The van der Waals surface area contributed by atoms with Crippen LogP contribution < -0.4 is 5.43 Å². The Morgan fingerprint density at radius 2 is 1.50 bits per heavy atom. The average molecular weight is 445 g/mol. The fourth-order valence-corrected chi connectivity index (χ4v) is 3.50. The summed E-state index contributed by atoms with van der Waals surface area (Å²) in [6.07, 6.45) is 3.00. The second-order valence-corrected chi connectivity index (χ2v) is 9.42. The van der Waals surface area contributed by atoms with Gasteiger partial charge in [0, 0.05) is 6.54 Å². The monoisotopic (exact) mass is 445 g/mol. The number of rotatable bonds is 13. The summed E-state index contributed by atoms with van der Waals surface area (Å²) in [5, 5.41) is 1.06. The normalized spacial score (nSPS) is 15.7. The molecule has 30 heavy (non-hydrogen) atoms. The van der Waals surface area contributed by atoms with Crippen molar-refractivity contribution >= 4 is 19.6 Å². The van der Waals surface area contributed by atoms with Crippen molar-refractivity contribution in [2.24, 2.45) is 0 Å². The van der Waals surface area contributed by atoms with E-state index in [0.29, 0.717) is 35.1 Å². The third kappa shape index (κ3) is 8.23. The van der Waals surface area contributed by atoms with Gasteiger partial charge in [0.15, 0.2) is 0 Å². The first-order chi connectivity index (χ1) is 13.6. The molecule has 0 radical (unpaired) electrons. The minimum Gasteiger partial charge on any atom is -0.870 e. The zero-order valence-electron chi connectivity index (χ0n) is 17.7. The summed E-state index contributed by atoms with van der Waals surface area (Å²) in [7, 11) is 1.90. The number of nitrogens with one attached hydrogen (secondary N) is 1. The van der Waals surface area contributed by atoms with Crippen molar-refractivity contribution in [1.82, 2.24) is 10.4 Å². The van der Waals surface area contributed by atoms with Gasteiger partial charge in [-0.15, -0.1) is 0 Å². The van der Waals surface area contributed by atoms with Crippen LogP contribution in [-0.2, 0) is 13.6 Å². The molecular weight excluding hydrogens is 413 g/mol. The number of phosphoric ester groups is 1. The second-order valence-electron chi connectivity index (χ2n) is 7.96. The molecule has 0 bridgehead atoms. The summed E-state index contributed by atoms with van der Waals surface area (Å²) in [4.78, 5) is 34.0. The van der Waals surface area contributed by atoms with Gasteiger partial charge < -0.3 is 14.9 Å². The van der Waals surface area contributed by atoms with Crippen molar-refractivity contribution in [2.75, 3.05) is 47.4 Å². The van der Waals surface area contributed by atoms with Crippen LogP contribution in [0.3, 0.4) is 0 Å². The molecule has 1 aromatic carbocycles. The van der Waals surface area contributed by atoms with E-state index in [1.807, 2.05) is 21.1 Å². The first-order valence-electron chi connectivity index (χ1n) is 9.74. The molecule has 1 aliphatic heterocycles. The maximum atomic E-state index is 12.2. The Balaban J connectivity index is 0.00000450. The van der Waals surface area contributed by atoms with E-state index in [-0.39, 0.29) is 30.5 Å². The molecule has 170 valence electrons. The van der Waals surface area contributed by atoms with E-state index in [1.165, 1.54) is 0 Å². The maximum absolute atomic E-state index is 12.2. The smallest absolute Gasteiger partial charge is 0.472 e. The molecule has 10 nitrogen and oxygen atoms in total. The van der Waals surface area contributed by atoms with Crippen LogP contribution in [-0.4, -0.2) is 79.1 Å². The molecule has 11 heteroatoms. The maximum Gasteiger partial charge on any atom is 0.472 e. The minimum absolute atomic E-state index is 0. The number of likely N-dealkylation sites (N-methyl/N-ethyl adjacent to an activating group) is 1. The van der Waals surface area contributed by atoms with Crippen LogP contribution in [0.25, 0.3) is 0 Å². The van der Waals surface area contributed by atoms with E-state index >= 15 is 0 Å². The van der Waals surface area contributed by atoms with Gasteiger partial charge >= 0.3 is 7.82 Å².